The fourth-order valence-corrected chi connectivity index (χ4v) is 6.83. The molecule has 7 aromatic carbocycles. The van der Waals surface area contributed by atoms with Crippen LogP contribution in [0.3, 0.4) is 0 Å². The van der Waals surface area contributed by atoms with Crippen molar-refractivity contribution >= 4 is 71.2 Å². The molecule has 186 valence electrons. The highest BCUT2D eigenvalue weighted by molar-refractivity contribution is 6.35. The molecular weight excluding hydrogens is 506 g/mol. The van der Waals surface area contributed by atoms with Gasteiger partial charge in [-0.25, -0.2) is 0 Å². The number of hydrogen-bond acceptors (Lipinski definition) is 0. The van der Waals surface area contributed by atoms with E-state index in [0.29, 0.717) is 0 Å². The average molecular weight is 528 g/mol. The normalized spacial score (nSPS) is 12.1. The summed E-state index contributed by atoms with van der Waals surface area (Å²) in [5, 5.41) is 10.6. The van der Waals surface area contributed by atoms with E-state index in [2.05, 4.69) is 138 Å². The Bertz CT molecular complexity index is 2250. The van der Waals surface area contributed by atoms with E-state index >= 15 is 0 Å². The lowest BCUT2D eigenvalue weighted by Gasteiger charge is -2.07. The maximum absolute atomic E-state index is 6.75. The molecule has 2 aromatic heterocycles. The molecule has 0 spiro atoms. The minimum Gasteiger partial charge on any atom is -0.308 e. The molecule has 0 aliphatic rings. The van der Waals surface area contributed by atoms with Gasteiger partial charge >= 0.3 is 0 Å². The van der Waals surface area contributed by atoms with Gasteiger partial charge in [0.15, 0.2) is 0 Å². The molecule has 0 fully saturated rings. The second-order valence-corrected chi connectivity index (χ2v) is 11.2. The summed E-state index contributed by atoms with van der Waals surface area (Å²) in [6.45, 7) is 0. The first-order chi connectivity index (χ1) is 19.7. The zero-order valence-electron chi connectivity index (χ0n) is 21.5. The van der Waals surface area contributed by atoms with Crippen molar-refractivity contribution in [2.75, 3.05) is 0 Å². The zero-order chi connectivity index (χ0) is 26.4. The lowest BCUT2D eigenvalue weighted by molar-refractivity contribution is 1.38. The third-order valence-electron chi connectivity index (χ3n) is 8.48. The van der Waals surface area contributed by atoms with Gasteiger partial charge in [0.05, 0.1) is 16.6 Å². The summed E-state index contributed by atoms with van der Waals surface area (Å²) in [6, 6.07) is 48.4. The second kappa shape index (κ2) is 8.08. The van der Waals surface area contributed by atoms with Gasteiger partial charge in [0, 0.05) is 26.6 Å². The van der Waals surface area contributed by atoms with Gasteiger partial charge < -0.3 is 4.40 Å². The maximum Gasteiger partial charge on any atom is 0.0621 e. The van der Waals surface area contributed by atoms with Crippen LogP contribution in [0.2, 0.25) is 5.02 Å². The van der Waals surface area contributed by atoms with E-state index in [1.165, 1.54) is 81.9 Å². The monoisotopic (exact) mass is 527 g/mol. The van der Waals surface area contributed by atoms with E-state index in [1.807, 2.05) is 0 Å². The van der Waals surface area contributed by atoms with E-state index in [0.717, 1.165) is 5.02 Å². The van der Waals surface area contributed by atoms with Crippen LogP contribution in [0.5, 0.6) is 0 Å². The van der Waals surface area contributed by atoms with Gasteiger partial charge in [0.1, 0.15) is 0 Å². The van der Waals surface area contributed by atoms with Crippen LogP contribution < -0.4 is 0 Å². The molecule has 0 amide bonds. The zero-order valence-corrected chi connectivity index (χ0v) is 22.3. The van der Waals surface area contributed by atoms with Crippen molar-refractivity contribution in [1.82, 2.24) is 4.40 Å². The first kappa shape index (κ1) is 22.0. The van der Waals surface area contributed by atoms with Crippen molar-refractivity contribution in [3.63, 3.8) is 0 Å². The third kappa shape index (κ3) is 3.10. The van der Waals surface area contributed by atoms with Gasteiger partial charge in [-0.15, -0.1) is 0 Å². The summed E-state index contributed by atoms with van der Waals surface area (Å²) in [6.07, 6.45) is 0. The molecule has 0 N–H and O–H groups in total. The minimum absolute atomic E-state index is 0.772. The van der Waals surface area contributed by atoms with Crippen molar-refractivity contribution in [3.05, 3.63) is 138 Å². The maximum atomic E-state index is 6.75. The lowest BCUT2D eigenvalue weighted by atomic mass is 9.98. The highest BCUT2D eigenvalue weighted by atomic mass is 35.5. The Kier molecular flexibility index (Phi) is 4.45. The highest BCUT2D eigenvalue weighted by Crippen LogP contribution is 2.43. The molecule has 2 heteroatoms. The summed E-state index contributed by atoms with van der Waals surface area (Å²) >= 11 is 6.75. The van der Waals surface area contributed by atoms with Crippen LogP contribution in [0.25, 0.3) is 81.9 Å². The van der Waals surface area contributed by atoms with Crippen LogP contribution in [-0.2, 0) is 0 Å². The number of halogens is 1. The molecule has 0 atom stereocenters. The fraction of sp³-hybridized carbons (Fsp3) is 0. The summed E-state index contributed by atoms with van der Waals surface area (Å²) in [5.74, 6) is 0. The van der Waals surface area contributed by atoms with E-state index in [1.54, 1.807) is 0 Å². The summed E-state index contributed by atoms with van der Waals surface area (Å²) in [7, 11) is 0. The SMILES string of the molecule is Clc1cc2c3cc4ccc(-c5ccccc5)cc4cc3n3c4cc5cc(-c6ccccc6)ccc5cc4c(c1)c23. The number of fused-ring (bicyclic) bond motifs is 8. The highest BCUT2D eigenvalue weighted by Gasteiger charge is 2.19. The smallest absolute Gasteiger partial charge is 0.0621 e. The van der Waals surface area contributed by atoms with E-state index < -0.39 is 0 Å². The molecular formula is C38H22ClN. The van der Waals surface area contributed by atoms with Gasteiger partial charge in [0.25, 0.3) is 0 Å². The third-order valence-corrected chi connectivity index (χ3v) is 8.70. The Morgan fingerprint density at radius 1 is 0.375 bits per heavy atom. The Morgan fingerprint density at radius 3 is 1.32 bits per heavy atom. The number of benzene rings is 7. The van der Waals surface area contributed by atoms with Gasteiger partial charge in [-0.05, 0) is 92.3 Å². The molecule has 0 saturated carbocycles. The molecule has 0 unspecified atom stereocenters. The molecule has 9 aromatic rings. The van der Waals surface area contributed by atoms with Gasteiger partial charge in [0.2, 0.25) is 0 Å². The first-order valence-corrected chi connectivity index (χ1v) is 14.0. The summed E-state index contributed by atoms with van der Waals surface area (Å²) in [4.78, 5) is 0. The van der Waals surface area contributed by atoms with Crippen LogP contribution in [0.1, 0.15) is 0 Å². The van der Waals surface area contributed by atoms with Crippen molar-refractivity contribution in [3.8, 4) is 22.3 Å². The largest absolute Gasteiger partial charge is 0.308 e. The molecule has 0 radical (unpaired) electrons. The van der Waals surface area contributed by atoms with Crippen molar-refractivity contribution in [2.24, 2.45) is 0 Å². The van der Waals surface area contributed by atoms with Gasteiger partial charge in [-0.2, -0.15) is 0 Å². The van der Waals surface area contributed by atoms with Crippen LogP contribution in [-0.4, -0.2) is 4.40 Å². The molecule has 40 heavy (non-hydrogen) atoms. The first-order valence-electron chi connectivity index (χ1n) is 13.6. The molecule has 0 saturated heterocycles. The molecule has 0 bridgehead atoms. The Morgan fingerprint density at radius 2 is 0.850 bits per heavy atom. The van der Waals surface area contributed by atoms with Crippen LogP contribution in [0.4, 0.5) is 0 Å². The minimum atomic E-state index is 0.772. The van der Waals surface area contributed by atoms with Crippen LogP contribution >= 0.6 is 11.6 Å². The van der Waals surface area contributed by atoms with E-state index in [9.17, 15) is 0 Å². The predicted octanol–water partition coefficient (Wildman–Crippen LogP) is 11.1. The van der Waals surface area contributed by atoms with Crippen molar-refractivity contribution < 1.29 is 0 Å². The summed E-state index contributed by atoms with van der Waals surface area (Å²) < 4.78 is 2.45. The van der Waals surface area contributed by atoms with E-state index in [-0.39, 0.29) is 0 Å². The Hall–Kier alpha value is -4.85. The second-order valence-electron chi connectivity index (χ2n) is 10.8. The standard InChI is InChI=1S/C38H22ClN/c39-31-21-34-32-17-27-13-11-25(23-7-3-1-4-8-23)15-29(27)19-36(32)40-37-20-30-16-26(24-9-5-2-6-10-24)12-14-28(30)18-33(37)35(22-31)38(34)40/h1-22H. The Labute approximate surface area is 235 Å². The predicted molar refractivity (Wildman–Crippen MR) is 172 cm³/mol. The number of aromatic nitrogens is 1. The van der Waals surface area contributed by atoms with Crippen molar-refractivity contribution in [1.29, 1.82) is 0 Å². The van der Waals surface area contributed by atoms with E-state index in [4.69, 9.17) is 11.6 Å². The summed E-state index contributed by atoms with van der Waals surface area (Å²) in [5.41, 5.74) is 8.60. The number of hydrogen-bond donors (Lipinski definition) is 0. The quantitative estimate of drug-likeness (QED) is 0.210. The topological polar surface area (TPSA) is 4.41 Å². The average Bonchev–Trinajstić information content (AvgIpc) is 3.49. The molecule has 9 rings (SSSR count). The molecule has 2 heterocycles. The number of rotatable bonds is 2. The van der Waals surface area contributed by atoms with Gasteiger partial charge in [-0.1, -0.05) is 96.5 Å². The van der Waals surface area contributed by atoms with Crippen LogP contribution in [0.15, 0.2) is 133 Å². The van der Waals surface area contributed by atoms with Crippen molar-refractivity contribution in [2.45, 2.75) is 0 Å². The fourth-order valence-electron chi connectivity index (χ4n) is 6.61. The number of nitrogens with zero attached hydrogens (tertiary/aromatic N) is 1. The molecule has 1 nitrogen and oxygen atoms in total. The lowest BCUT2D eigenvalue weighted by Crippen LogP contribution is -1.84. The van der Waals surface area contributed by atoms with Crippen LogP contribution in [0, 0.1) is 0 Å². The van der Waals surface area contributed by atoms with Gasteiger partial charge in [-0.3, -0.25) is 0 Å². The molecule has 0 aliphatic heterocycles. The Balaban J connectivity index is 1.38. The molecule has 0 aliphatic carbocycles.